The third kappa shape index (κ3) is 11.7. The van der Waals surface area contributed by atoms with Crippen molar-refractivity contribution in [1.29, 1.82) is 0 Å². The van der Waals surface area contributed by atoms with E-state index in [1.165, 1.54) is 0 Å². The van der Waals surface area contributed by atoms with Gasteiger partial charge in [0.1, 0.15) is 6.54 Å². The van der Waals surface area contributed by atoms with Crippen LogP contribution in [0.4, 0.5) is 0 Å². The smallest absolute Gasteiger partial charge is 0.320 e. The normalized spacial score (nSPS) is 10.4. The first-order valence-electron chi connectivity index (χ1n) is 5.50. The van der Waals surface area contributed by atoms with Gasteiger partial charge >= 0.3 is 17.9 Å². The van der Waals surface area contributed by atoms with Gasteiger partial charge in [0.15, 0.2) is 0 Å². The van der Waals surface area contributed by atoms with Crippen LogP contribution in [0.3, 0.4) is 0 Å². The Labute approximate surface area is 120 Å². The molecule has 0 aromatic rings. The van der Waals surface area contributed by atoms with Crippen LogP contribution < -0.4 is 5.73 Å². The predicted molar refractivity (Wildman–Crippen MR) is 69.5 cm³/mol. The molecule has 126 valence electrons. The third-order valence-corrected chi connectivity index (χ3v) is 2.12. The van der Waals surface area contributed by atoms with Gasteiger partial charge in [-0.2, -0.15) is 5.06 Å². The topological polar surface area (TPSA) is 213 Å². The quantitative estimate of drug-likeness (QED) is 0.308. The summed E-state index contributed by atoms with van der Waals surface area (Å²) < 4.78 is 0. The molecular weight excluding hydrogens is 292 g/mol. The molecule has 0 heterocycles. The van der Waals surface area contributed by atoms with Crippen molar-refractivity contribution in [3.05, 3.63) is 0 Å². The van der Waals surface area contributed by atoms with Crippen molar-refractivity contribution in [1.82, 2.24) is 5.06 Å². The van der Waals surface area contributed by atoms with Gasteiger partial charge < -0.3 is 32.0 Å². The Morgan fingerprint density at radius 2 is 1.48 bits per heavy atom. The van der Waals surface area contributed by atoms with Gasteiger partial charge in [0.25, 0.3) is 0 Å². The number of nitrogens with zero attached hydrogens (tertiary/aromatic N) is 1. The van der Waals surface area contributed by atoms with E-state index in [0.717, 1.165) is 5.06 Å². The number of carboxylic acids is 3. The second kappa shape index (κ2) is 10.9. The number of hydrogen-bond acceptors (Lipinski definition) is 6. The molecule has 9 N–H and O–H groups in total. The van der Waals surface area contributed by atoms with Gasteiger partial charge in [0.05, 0.1) is 25.0 Å². The van der Waals surface area contributed by atoms with Gasteiger partial charge in [0, 0.05) is 6.54 Å². The molecule has 0 aliphatic carbocycles. The number of carbonyl (C=O) groups is 3. The molecule has 0 unspecified atom stereocenters. The maximum Gasteiger partial charge on any atom is 0.320 e. The van der Waals surface area contributed by atoms with Crippen LogP contribution in [0.1, 0.15) is 19.8 Å². The number of carboxylic acid groups (broad SMARTS) is 3. The molecule has 0 bridgehead atoms. The summed E-state index contributed by atoms with van der Waals surface area (Å²) in [5.74, 6) is -3.73. The van der Waals surface area contributed by atoms with E-state index in [1.807, 2.05) is 0 Å². The van der Waals surface area contributed by atoms with E-state index in [9.17, 15) is 14.4 Å². The summed E-state index contributed by atoms with van der Waals surface area (Å²) in [5, 5.41) is 27.1. The predicted octanol–water partition coefficient (Wildman–Crippen LogP) is -2.68. The van der Waals surface area contributed by atoms with E-state index in [4.69, 9.17) is 25.9 Å². The molecule has 21 heavy (non-hydrogen) atoms. The van der Waals surface area contributed by atoms with Crippen molar-refractivity contribution in [3.8, 4) is 0 Å². The van der Waals surface area contributed by atoms with Crippen LogP contribution in [-0.2, 0) is 19.2 Å². The zero-order chi connectivity index (χ0) is 15.1. The Balaban J connectivity index is -0.00000162. The first kappa shape index (κ1) is 24.2. The van der Waals surface area contributed by atoms with Gasteiger partial charge in [-0.05, 0) is 6.92 Å². The summed E-state index contributed by atoms with van der Waals surface area (Å²) in [7, 11) is 0. The lowest BCUT2D eigenvalue weighted by molar-refractivity contribution is -0.181. The summed E-state index contributed by atoms with van der Waals surface area (Å²) in [5.41, 5.74) is 4.12. The molecule has 0 amide bonds. The molecule has 0 radical (unpaired) electrons. The summed E-state index contributed by atoms with van der Waals surface area (Å²) >= 11 is 0. The second-order valence-electron chi connectivity index (χ2n) is 4.11. The fourth-order valence-electron chi connectivity index (χ4n) is 1.61. The highest BCUT2D eigenvalue weighted by molar-refractivity contribution is 5.73. The average Bonchev–Trinajstić information content (AvgIpc) is 2.12. The van der Waals surface area contributed by atoms with E-state index < -0.39 is 42.8 Å². The Bertz CT molecular complexity index is 331. The molecule has 0 rings (SSSR count). The lowest BCUT2D eigenvalue weighted by Crippen LogP contribution is -2.53. The monoisotopic (exact) mass is 314 g/mol. The van der Waals surface area contributed by atoms with Gasteiger partial charge in [-0.15, -0.1) is 0 Å². The third-order valence-electron chi connectivity index (χ3n) is 2.12. The number of aliphatic carboxylic acids is 3. The van der Waals surface area contributed by atoms with Crippen LogP contribution in [0.25, 0.3) is 0 Å². The van der Waals surface area contributed by atoms with Crippen LogP contribution in [0.2, 0.25) is 0 Å². The molecule has 0 aromatic carbocycles. The Kier molecular flexibility index (Phi) is 12.6. The van der Waals surface area contributed by atoms with Crippen molar-refractivity contribution in [3.63, 3.8) is 0 Å². The molecule has 11 nitrogen and oxygen atoms in total. The minimum Gasteiger partial charge on any atom is -0.481 e. The lowest BCUT2D eigenvalue weighted by Gasteiger charge is -2.31. The molecule has 0 spiro atoms. The Hall–Kier alpha value is -1.79. The van der Waals surface area contributed by atoms with Crippen molar-refractivity contribution < 1.29 is 45.5 Å². The summed E-state index contributed by atoms with van der Waals surface area (Å²) in [6, 6.07) is 0. The van der Waals surface area contributed by atoms with E-state index in [-0.39, 0.29) is 24.1 Å². The molecule has 0 saturated heterocycles. The zero-order valence-corrected chi connectivity index (χ0v) is 11.5. The fourth-order valence-corrected chi connectivity index (χ4v) is 1.61. The number of hydrogen-bond donors (Lipinski definition) is 4. The largest absolute Gasteiger partial charge is 0.481 e. The summed E-state index contributed by atoms with van der Waals surface area (Å²) in [6.07, 6.45) is -1.22. The second-order valence-corrected chi connectivity index (χ2v) is 4.11. The Morgan fingerprint density at radius 1 is 1.05 bits per heavy atom. The zero-order valence-electron chi connectivity index (χ0n) is 11.5. The van der Waals surface area contributed by atoms with Crippen LogP contribution in [0.15, 0.2) is 0 Å². The molecule has 0 aromatic heterocycles. The van der Waals surface area contributed by atoms with E-state index >= 15 is 0 Å². The maximum atomic E-state index is 10.7. The van der Waals surface area contributed by atoms with Crippen LogP contribution >= 0.6 is 0 Å². The lowest BCUT2D eigenvalue weighted by atomic mass is 9.92. The Morgan fingerprint density at radius 3 is 1.76 bits per heavy atom. The van der Waals surface area contributed by atoms with Crippen LogP contribution in [0.5, 0.6) is 0 Å². The maximum absolute atomic E-state index is 10.7. The van der Waals surface area contributed by atoms with Crippen molar-refractivity contribution >= 4 is 17.9 Å². The van der Waals surface area contributed by atoms with Crippen LogP contribution in [0, 0.1) is 0 Å². The highest BCUT2D eigenvalue weighted by Crippen LogP contribution is 2.15. The SMILES string of the molecule is CCON(CC(=O)O)CC(N)(CC(=O)O)CC(=O)O.O.O. The number of rotatable bonds is 10. The first-order valence-corrected chi connectivity index (χ1v) is 5.50. The summed E-state index contributed by atoms with van der Waals surface area (Å²) in [6.45, 7) is 0.933. The average molecular weight is 314 g/mol. The standard InChI is InChI=1S/C10H18N2O7.2H2O/c1-2-19-12(5-9(17)18)6-10(11,3-7(13)14)4-8(15)16;;/h2-6,11H2,1H3,(H,13,14)(H,15,16)(H,17,18);2*1H2. The van der Waals surface area contributed by atoms with Crippen molar-refractivity contribution in [2.75, 3.05) is 19.7 Å². The van der Waals surface area contributed by atoms with Gasteiger partial charge in [0.2, 0.25) is 0 Å². The molecular formula is C10H22N2O9. The minimum atomic E-state index is -1.61. The highest BCUT2D eigenvalue weighted by atomic mass is 16.7. The summed E-state index contributed by atoms with van der Waals surface area (Å²) in [4.78, 5) is 37.0. The van der Waals surface area contributed by atoms with Crippen LogP contribution in [-0.4, -0.2) is 74.5 Å². The van der Waals surface area contributed by atoms with Gasteiger partial charge in [-0.1, -0.05) is 0 Å². The fraction of sp³-hybridized carbons (Fsp3) is 0.700. The van der Waals surface area contributed by atoms with E-state index in [0.29, 0.717) is 0 Å². The van der Waals surface area contributed by atoms with E-state index in [1.54, 1.807) is 6.92 Å². The number of nitrogens with two attached hydrogens (primary N) is 1. The molecule has 0 saturated carbocycles. The highest BCUT2D eigenvalue weighted by Gasteiger charge is 2.34. The molecule has 0 atom stereocenters. The van der Waals surface area contributed by atoms with Crippen molar-refractivity contribution in [2.24, 2.45) is 5.73 Å². The van der Waals surface area contributed by atoms with Crippen molar-refractivity contribution in [2.45, 2.75) is 25.3 Å². The molecule has 11 heteroatoms. The van der Waals surface area contributed by atoms with Gasteiger partial charge in [-0.25, -0.2) is 0 Å². The number of hydroxylamine groups is 2. The first-order chi connectivity index (χ1) is 8.68. The molecule has 0 aliphatic heterocycles. The van der Waals surface area contributed by atoms with Gasteiger partial charge in [-0.3, -0.25) is 19.2 Å². The van der Waals surface area contributed by atoms with E-state index in [2.05, 4.69) is 0 Å². The molecule has 0 fully saturated rings. The molecule has 0 aliphatic rings. The minimum absolute atomic E-state index is 0.